The fraction of sp³-hybridized carbons (Fsp3) is 0.316. The van der Waals surface area contributed by atoms with Crippen LogP contribution in [0.25, 0.3) is 0 Å². The molecule has 0 radical (unpaired) electrons. The van der Waals surface area contributed by atoms with Crippen molar-refractivity contribution in [3.05, 3.63) is 71.8 Å². The normalized spacial score (nSPS) is 13.6. The van der Waals surface area contributed by atoms with Gasteiger partial charge in [-0.2, -0.15) is 0 Å². The predicted molar refractivity (Wildman–Crippen MR) is 90.4 cm³/mol. The molecule has 2 atom stereocenters. The Balaban J connectivity index is 2.02. The average molecular weight is 346 g/mol. The van der Waals surface area contributed by atoms with E-state index in [-0.39, 0.29) is 13.2 Å². The van der Waals surface area contributed by atoms with Gasteiger partial charge in [-0.05, 0) is 11.1 Å². The van der Waals surface area contributed by atoms with Gasteiger partial charge in [0.1, 0.15) is 12.2 Å². The van der Waals surface area contributed by atoms with E-state index in [1.165, 1.54) is 0 Å². The molecule has 6 nitrogen and oxygen atoms in total. The molecule has 0 heterocycles. The Kier molecular flexibility index (Phi) is 7.72. The molecule has 2 rings (SSSR count). The summed E-state index contributed by atoms with van der Waals surface area (Å²) in [6, 6.07) is 18.4. The monoisotopic (exact) mass is 346 g/mol. The van der Waals surface area contributed by atoms with Crippen molar-refractivity contribution in [2.45, 2.75) is 31.7 Å². The molecule has 6 heteroatoms. The van der Waals surface area contributed by atoms with E-state index in [1.807, 2.05) is 60.7 Å². The highest BCUT2D eigenvalue weighted by Gasteiger charge is 2.32. The van der Waals surface area contributed by atoms with Crippen molar-refractivity contribution in [3.63, 3.8) is 0 Å². The van der Waals surface area contributed by atoms with E-state index in [0.717, 1.165) is 11.1 Å². The van der Waals surface area contributed by atoms with E-state index in [1.54, 1.807) is 0 Å². The van der Waals surface area contributed by atoms with Crippen molar-refractivity contribution >= 4 is 5.78 Å². The van der Waals surface area contributed by atoms with Crippen LogP contribution < -0.4 is 0 Å². The van der Waals surface area contributed by atoms with Gasteiger partial charge in [-0.15, -0.1) is 0 Å². The number of benzene rings is 2. The third-order valence-electron chi connectivity index (χ3n) is 3.56. The quantitative estimate of drug-likeness (QED) is 0.556. The van der Waals surface area contributed by atoms with Gasteiger partial charge in [-0.25, -0.2) is 0 Å². The molecule has 0 aliphatic rings. The Morgan fingerprint density at radius 1 is 0.840 bits per heavy atom. The first-order chi connectivity index (χ1) is 12.1. The number of aliphatic hydroxyl groups is 3. The van der Waals surface area contributed by atoms with Crippen molar-refractivity contribution < 1.29 is 29.6 Å². The Morgan fingerprint density at radius 2 is 1.28 bits per heavy atom. The fourth-order valence-electron chi connectivity index (χ4n) is 2.13. The molecule has 0 amide bonds. The summed E-state index contributed by atoms with van der Waals surface area (Å²) >= 11 is 0. The van der Waals surface area contributed by atoms with Crippen LogP contribution in [0.2, 0.25) is 0 Å². The summed E-state index contributed by atoms with van der Waals surface area (Å²) in [7, 11) is 0. The SMILES string of the molecule is O=C(C(OCc1ccccc1)OCc1ccccc1)[C@H](O)[C@H](O)CO. The van der Waals surface area contributed by atoms with E-state index in [9.17, 15) is 15.0 Å². The smallest absolute Gasteiger partial charge is 0.221 e. The highest BCUT2D eigenvalue weighted by Crippen LogP contribution is 2.12. The second-order valence-corrected chi connectivity index (χ2v) is 5.52. The number of carbonyl (C=O) groups excluding carboxylic acids is 1. The van der Waals surface area contributed by atoms with Crippen molar-refractivity contribution in [1.82, 2.24) is 0 Å². The lowest BCUT2D eigenvalue weighted by molar-refractivity contribution is -0.189. The first-order valence-corrected chi connectivity index (χ1v) is 7.93. The van der Waals surface area contributed by atoms with E-state index in [2.05, 4.69) is 0 Å². The number of ether oxygens (including phenoxy) is 2. The first-order valence-electron chi connectivity index (χ1n) is 7.93. The van der Waals surface area contributed by atoms with Crippen LogP contribution in [0.1, 0.15) is 11.1 Å². The van der Waals surface area contributed by atoms with E-state index >= 15 is 0 Å². The molecule has 134 valence electrons. The topological polar surface area (TPSA) is 96.2 Å². The summed E-state index contributed by atoms with van der Waals surface area (Å²) in [6.45, 7) is -0.529. The Hall–Kier alpha value is -2.09. The molecule has 0 spiro atoms. The van der Waals surface area contributed by atoms with Crippen LogP contribution in [0.4, 0.5) is 0 Å². The lowest BCUT2D eigenvalue weighted by Crippen LogP contribution is -2.44. The molecular weight excluding hydrogens is 324 g/mol. The van der Waals surface area contributed by atoms with Gasteiger partial charge in [-0.1, -0.05) is 60.7 Å². The second kappa shape index (κ2) is 10.0. The van der Waals surface area contributed by atoms with Gasteiger partial charge in [0.15, 0.2) is 0 Å². The lowest BCUT2D eigenvalue weighted by atomic mass is 10.1. The number of ketones is 1. The van der Waals surface area contributed by atoms with Gasteiger partial charge in [0.2, 0.25) is 12.1 Å². The number of carbonyl (C=O) groups is 1. The Bertz CT molecular complexity index is 587. The van der Waals surface area contributed by atoms with Crippen LogP contribution in [0.3, 0.4) is 0 Å². The molecule has 2 aromatic carbocycles. The number of Topliss-reactive ketones (excluding diaryl/α,β-unsaturated/α-hetero) is 1. The molecule has 0 aliphatic heterocycles. The maximum atomic E-state index is 12.3. The maximum Gasteiger partial charge on any atom is 0.221 e. The first kappa shape index (κ1) is 19.2. The number of hydrogen-bond donors (Lipinski definition) is 3. The summed E-state index contributed by atoms with van der Waals surface area (Å²) in [6.07, 6.45) is -4.74. The van der Waals surface area contributed by atoms with Crippen LogP contribution in [-0.4, -0.2) is 46.2 Å². The molecule has 0 fully saturated rings. The third kappa shape index (κ3) is 6.04. The highest BCUT2D eigenvalue weighted by atomic mass is 16.7. The van der Waals surface area contributed by atoms with Gasteiger partial charge in [-0.3, -0.25) is 4.79 Å². The molecule has 0 bridgehead atoms. The fourth-order valence-corrected chi connectivity index (χ4v) is 2.13. The van der Waals surface area contributed by atoms with Crippen molar-refractivity contribution in [2.75, 3.05) is 6.61 Å². The van der Waals surface area contributed by atoms with Gasteiger partial charge in [0, 0.05) is 0 Å². The third-order valence-corrected chi connectivity index (χ3v) is 3.56. The van der Waals surface area contributed by atoms with Crippen molar-refractivity contribution in [1.29, 1.82) is 0 Å². The maximum absolute atomic E-state index is 12.3. The predicted octanol–water partition coefficient (Wildman–Crippen LogP) is 1.03. The molecule has 2 aromatic rings. The Morgan fingerprint density at radius 3 is 1.68 bits per heavy atom. The van der Waals surface area contributed by atoms with E-state index in [0.29, 0.717) is 0 Å². The average Bonchev–Trinajstić information content (AvgIpc) is 2.68. The van der Waals surface area contributed by atoms with Crippen LogP contribution in [0.15, 0.2) is 60.7 Å². The molecule has 25 heavy (non-hydrogen) atoms. The summed E-state index contributed by atoms with van der Waals surface area (Å²) in [5, 5.41) is 28.2. The number of hydrogen-bond acceptors (Lipinski definition) is 6. The van der Waals surface area contributed by atoms with E-state index in [4.69, 9.17) is 14.6 Å². The molecule has 0 saturated carbocycles. The molecule has 0 unspecified atom stereocenters. The minimum atomic E-state index is -1.79. The second-order valence-electron chi connectivity index (χ2n) is 5.52. The molecule has 0 aromatic heterocycles. The molecule has 0 aliphatic carbocycles. The minimum absolute atomic E-state index is 0.105. The van der Waals surface area contributed by atoms with Gasteiger partial charge in [0.05, 0.1) is 19.8 Å². The standard InChI is InChI=1S/C19H22O6/c20-11-16(21)17(22)18(23)19(24-12-14-7-3-1-4-8-14)25-13-15-9-5-2-6-10-15/h1-10,16-17,19-22H,11-13H2/t16-,17-/m1/s1. The molecule has 3 N–H and O–H groups in total. The minimum Gasteiger partial charge on any atom is -0.394 e. The van der Waals surface area contributed by atoms with Crippen LogP contribution in [0.5, 0.6) is 0 Å². The Labute approximate surface area is 146 Å². The summed E-state index contributed by atoms with van der Waals surface area (Å²) < 4.78 is 11.0. The van der Waals surface area contributed by atoms with Crippen LogP contribution in [-0.2, 0) is 27.5 Å². The molecule has 0 saturated heterocycles. The number of aliphatic hydroxyl groups excluding tert-OH is 3. The largest absolute Gasteiger partial charge is 0.394 e. The summed E-state index contributed by atoms with van der Waals surface area (Å²) in [5.41, 5.74) is 1.67. The van der Waals surface area contributed by atoms with Crippen molar-refractivity contribution in [2.24, 2.45) is 0 Å². The zero-order chi connectivity index (χ0) is 18.1. The highest BCUT2D eigenvalue weighted by molar-refractivity contribution is 5.86. The van der Waals surface area contributed by atoms with Gasteiger partial charge >= 0.3 is 0 Å². The zero-order valence-electron chi connectivity index (χ0n) is 13.7. The summed E-state index contributed by atoms with van der Waals surface area (Å²) in [5.74, 6) is -0.839. The van der Waals surface area contributed by atoms with Crippen LogP contribution in [0, 0.1) is 0 Å². The molecular formula is C19H22O6. The van der Waals surface area contributed by atoms with Crippen molar-refractivity contribution in [3.8, 4) is 0 Å². The lowest BCUT2D eigenvalue weighted by Gasteiger charge is -2.22. The van der Waals surface area contributed by atoms with Gasteiger partial charge in [0.25, 0.3) is 0 Å². The van der Waals surface area contributed by atoms with E-state index < -0.39 is 30.9 Å². The number of rotatable bonds is 10. The summed E-state index contributed by atoms with van der Waals surface area (Å²) in [4.78, 5) is 12.3. The van der Waals surface area contributed by atoms with Gasteiger partial charge < -0.3 is 24.8 Å². The van der Waals surface area contributed by atoms with Crippen LogP contribution >= 0.6 is 0 Å². The zero-order valence-corrected chi connectivity index (χ0v) is 13.7.